The molecule has 1 fully saturated rings. The molecule has 1 N–H and O–H groups in total. The Labute approximate surface area is 121 Å². The van der Waals surface area contributed by atoms with Crippen LogP contribution < -0.4 is 5.32 Å². The SMILES string of the molecule is CCCc1cc(NC)nc(C2CN(CCC)CCO2)n1. The first kappa shape index (κ1) is 15.2. The van der Waals surface area contributed by atoms with E-state index in [4.69, 9.17) is 4.74 Å². The fraction of sp³-hybridized carbons (Fsp3) is 0.733. The number of aromatic nitrogens is 2. The maximum absolute atomic E-state index is 5.88. The van der Waals surface area contributed by atoms with Crippen molar-refractivity contribution in [2.45, 2.75) is 39.2 Å². The molecule has 112 valence electrons. The summed E-state index contributed by atoms with van der Waals surface area (Å²) in [6.45, 7) is 8.17. The van der Waals surface area contributed by atoms with Crippen molar-refractivity contribution in [3.63, 3.8) is 0 Å². The molecule has 1 unspecified atom stereocenters. The molecule has 0 bridgehead atoms. The number of nitrogens with one attached hydrogen (secondary N) is 1. The highest BCUT2D eigenvalue weighted by Gasteiger charge is 2.24. The van der Waals surface area contributed by atoms with Gasteiger partial charge in [-0.1, -0.05) is 20.3 Å². The molecule has 0 aromatic carbocycles. The quantitative estimate of drug-likeness (QED) is 0.865. The molecule has 5 nitrogen and oxygen atoms in total. The Kier molecular flexibility index (Phi) is 5.73. The zero-order chi connectivity index (χ0) is 14.4. The molecule has 0 aliphatic carbocycles. The van der Waals surface area contributed by atoms with Crippen molar-refractivity contribution in [3.05, 3.63) is 17.6 Å². The van der Waals surface area contributed by atoms with Gasteiger partial charge < -0.3 is 10.1 Å². The minimum Gasteiger partial charge on any atom is -0.373 e. The number of anilines is 1. The smallest absolute Gasteiger partial charge is 0.161 e. The molecule has 1 saturated heterocycles. The predicted molar refractivity (Wildman–Crippen MR) is 81.0 cm³/mol. The number of hydrogen-bond donors (Lipinski definition) is 1. The third-order valence-corrected chi connectivity index (χ3v) is 3.54. The molecule has 0 saturated carbocycles. The molecule has 1 aromatic heterocycles. The minimum atomic E-state index is -0.000735. The van der Waals surface area contributed by atoms with Crippen molar-refractivity contribution in [1.29, 1.82) is 0 Å². The molecule has 1 aromatic rings. The minimum absolute atomic E-state index is 0.000735. The molecular formula is C15H26N4O. The van der Waals surface area contributed by atoms with Crippen LogP contribution in [-0.4, -0.2) is 48.2 Å². The summed E-state index contributed by atoms with van der Waals surface area (Å²) in [5, 5.41) is 3.12. The van der Waals surface area contributed by atoms with Crippen LogP contribution in [0.3, 0.4) is 0 Å². The number of morpholine rings is 1. The number of ether oxygens (including phenoxy) is 1. The molecule has 0 amide bonds. The Morgan fingerprint density at radius 3 is 2.90 bits per heavy atom. The zero-order valence-corrected chi connectivity index (χ0v) is 12.9. The second-order valence-electron chi connectivity index (χ2n) is 5.26. The van der Waals surface area contributed by atoms with E-state index in [1.54, 1.807) is 0 Å². The molecule has 1 atom stereocenters. The highest BCUT2D eigenvalue weighted by atomic mass is 16.5. The maximum atomic E-state index is 5.88. The summed E-state index contributed by atoms with van der Waals surface area (Å²) in [5.41, 5.74) is 1.10. The van der Waals surface area contributed by atoms with E-state index in [1.165, 1.54) is 6.42 Å². The Balaban J connectivity index is 2.15. The van der Waals surface area contributed by atoms with E-state index >= 15 is 0 Å². The van der Waals surface area contributed by atoms with Crippen molar-refractivity contribution in [2.75, 3.05) is 38.6 Å². The fourth-order valence-electron chi connectivity index (χ4n) is 2.55. The number of rotatable bonds is 6. The van der Waals surface area contributed by atoms with Gasteiger partial charge in [-0.25, -0.2) is 9.97 Å². The van der Waals surface area contributed by atoms with Crippen molar-refractivity contribution < 1.29 is 4.74 Å². The van der Waals surface area contributed by atoms with Crippen molar-refractivity contribution >= 4 is 5.82 Å². The Morgan fingerprint density at radius 2 is 2.20 bits per heavy atom. The Hall–Kier alpha value is -1.20. The van der Waals surface area contributed by atoms with Crippen LogP contribution in [0.1, 0.15) is 44.3 Å². The first-order valence-corrected chi connectivity index (χ1v) is 7.66. The van der Waals surface area contributed by atoms with Gasteiger partial charge in [0.1, 0.15) is 11.9 Å². The number of nitrogens with zero attached hydrogens (tertiary/aromatic N) is 3. The van der Waals surface area contributed by atoms with Crippen LogP contribution in [0.15, 0.2) is 6.07 Å². The van der Waals surface area contributed by atoms with E-state index in [1.807, 2.05) is 13.1 Å². The van der Waals surface area contributed by atoms with Gasteiger partial charge in [-0.05, 0) is 19.4 Å². The van der Waals surface area contributed by atoms with Crippen LogP contribution >= 0.6 is 0 Å². The van der Waals surface area contributed by atoms with Crippen LogP contribution in [0.25, 0.3) is 0 Å². The van der Waals surface area contributed by atoms with Crippen molar-refractivity contribution in [2.24, 2.45) is 0 Å². The van der Waals surface area contributed by atoms with E-state index in [2.05, 4.69) is 34.0 Å². The van der Waals surface area contributed by atoms with Gasteiger partial charge in [-0.3, -0.25) is 4.90 Å². The van der Waals surface area contributed by atoms with E-state index in [0.29, 0.717) is 0 Å². The average molecular weight is 278 g/mol. The molecular weight excluding hydrogens is 252 g/mol. The summed E-state index contributed by atoms with van der Waals surface area (Å²) in [4.78, 5) is 11.7. The normalized spacial score (nSPS) is 20.1. The maximum Gasteiger partial charge on any atom is 0.161 e. The largest absolute Gasteiger partial charge is 0.373 e. The van der Waals surface area contributed by atoms with Crippen LogP contribution in [0.4, 0.5) is 5.82 Å². The topological polar surface area (TPSA) is 50.3 Å². The highest BCUT2D eigenvalue weighted by molar-refractivity contribution is 5.35. The first-order valence-electron chi connectivity index (χ1n) is 7.66. The summed E-state index contributed by atoms with van der Waals surface area (Å²) in [6.07, 6.45) is 3.24. The van der Waals surface area contributed by atoms with E-state index in [9.17, 15) is 0 Å². The lowest BCUT2D eigenvalue weighted by Crippen LogP contribution is -2.39. The van der Waals surface area contributed by atoms with Gasteiger partial charge in [-0.2, -0.15) is 0 Å². The van der Waals surface area contributed by atoms with Gasteiger partial charge in [-0.15, -0.1) is 0 Å². The highest BCUT2D eigenvalue weighted by Crippen LogP contribution is 2.21. The van der Waals surface area contributed by atoms with E-state index < -0.39 is 0 Å². The summed E-state index contributed by atoms with van der Waals surface area (Å²) < 4.78 is 5.88. The molecule has 2 heterocycles. The molecule has 0 spiro atoms. The zero-order valence-electron chi connectivity index (χ0n) is 12.9. The molecule has 20 heavy (non-hydrogen) atoms. The molecule has 2 rings (SSSR count). The molecule has 1 aliphatic rings. The number of aryl methyl sites for hydroxylation is 1. The summed E-state index contributed by atoms with van der Waals surface area (Å²) in [5.74, 6) is 1.70. The van der Waals surface area contributed by atoms with Crippen LogP contribution in [0.5, 0.6) is 0 Å². The monoisotopic (exact) mass is 278 g/mol. The average Bonchev–Trinajstić information content (AvgIpc) is 2.48. The van der Waals surface area contributed by atoms with Gasteiger partial charge in [0.05, 0.1) is 6.61 Å². The van der Waals surface area contributed by atoms with Crippen molar-refractivity contribution in [3.8, 4) is 0 Å². The lowest BCUT2D eigenvalue weighted by Gasteiger charge is -2.32. The molecule has 1 aliphatic heterocycles. The van der Waals surface area contributed by atoms with Crippen molar-refractivity contribution in [1.82, 2.24) is 14.9 Å². The second-order valence-corrected chi connectivity index (χ2v) is 5.26. The van der Waals surface area contributed by atoms with E-state index in [0.717, 1.165) is 56.4 Å². The lowest BCUT2D eigenvalue weighted by molar-refractivity contribution is -0.0342. The van der Waals surface area contributed by atoms with E-state index in [-0.39, 0.29) is 6.10 Å². The van der Waals surface area contributed by atoms with Gasteiger partial charge in [0.2, 0.25) is 0 Å². The second kappa shape index (κ2) is 7.55. The van der Waals surface area contributed by atoms with Gasteiger partial charge in [0.25, 0.3) is 0 Å². The lowest BCUT2D eigenvalue weighted by atomic mass is 10.2. The standard InChI is InChI=1S/C15H26N4O/c1-4-6-12-10-14(16-3)18-15(17-12)13-11-19(7-5-2)8-9-20-13/h10,13H,4-9,11H2,1-3H3,(H,16,17,18). The van der Waals surface area contributed by atoms with Gasteiger partial charge in [0.15, 0.2) is 5.82 Å². The van der Waals surface area contributed by atoms with Crippen LogP contribution in [0, 0.1) is 0 Å². The van der Waals surface area contributed by atoms with Gasteiger partial charge >= 0.3 is 0 Å². The van der Waals surface area contributed by atoms with Crippen LogP contribution in [-0.2, 0) is 11.2 Å². The van der Waals surface area contributed by atoms with Crippen LogP contribution in [0.2, 0.25) is 0 Å². The molecule has 0 radical (unpaired) electrons. The summed E-state index contributed by atoms with van der Waals surface area (Å²) in [7, 11) is 1.90. The third-order valence-electron chi connectivity index (χ3n) is 3.54. The Morgan fingerprint density at radius 1 is 1.35 bits per heavy atom. The third kappa shape index (κ3) is 3.90. The number of hydrogen-bond acceptors (Lipinski definition) is 5. The Bertz CT molecular complexity index is 422. The first-order chi connectivity index (χ1) is 9.76. The fourth-order valence-corrected chi connectivity index (χ4v) is 2.55. The van der Waals surface area contributed by atoms with Gasteiger partial charge in [0, 0.05) is 31.9 Å². The molecule has 5 heteroatoms. The summed E-state index contributed by atoms with van der Waals surface area (Å²) >= 11 is 0. The predicted octanol–water partition coefficient (Wildman–Crippen LogP) is 2.25. The summed E-state index contributed by atoms with van der Waals surface area (Å²) in [6, 6.07) is 2.03.